The van der Waals surface area contributed by atoms with Crippen LogP contribution in [0.4, 0.5) is 0 Å². The number of hydrogen-bond donors (Lipinski definition) is 1. The molecule has 0 bridgehead atoms. The summed E-state index contributed by atoms with van der Waals surface area (Å²) in [7, 11) is 0. The van der Waals surface area contributed by atoms with Crippen LogP contribution in [-0.4, -0.2) is 25.7 Å². The summed E-state index contributed by atoms with van der Waals surface area (Å²) in [6.45, 7) is 0.280. The lowest BCUT2D eigenvalue weighted by Gasteiger charge is -2.04. The van der Waals surface area contributed by atoms with E-state index in [9.17, 15) is 4.79 Å². The zero-order valence-corrected chi connectivity index (χ0v) is 13.4. The zero-order chi connectivity index (χ0) is 17.1. The normalized spacial score (nSPS) is 10.9. The molecule has 0 unspecified atom stereocenters. The highest BCUT2D eigenvalue weighted by atomic mass is 16.5. The van der Waals surface area contributed by atoms with Crippen molar-refractivity contribution in [1.82, 2.24) is 19.7 Å². The Balaban J connectivity index is 1.44. The average molecular weight is 332 g/mol. The standard InChI is InChI=1S/C19H16N4O2/c24-18(25-13-14-4-2-1-3-5-14)10-15-11-22-23(12-15)17-7-9-21-19-16(17)6-8-20-19/h1-9,11-12H,10,13H2,(H,20,21). The molecule has 0 saturated heterocycles. The first-order valence-corrected chi connectivity index (χ1v) is 7.95. The van der Waals surface area contributed by atoms with E-state index in [1.54, 1.807) is 17.1 Å². The van der Waals surface area contributed by atoms with Gasteiger partial charge in [0.25, 0.3) is 0 Å². The maximum absolute atomic E-state index is 12.0. The molecule has 0 atom stereocenters. The monoisotopic (exact) mass is 332 g/mol. The molecule has 3 heterocycles. The Hall–Kier alpha value is -3.41. The molecule has 4 aromatic rings. The van der Waals surface area contributed by atoms with Crippen molar-refractivity contribution in [2.24, 2.45) is 0 Å². The molecule has 0 aliphatic rings. The van der Waals surface area contributed by atoms with E-state index in [4.69, 9.17) is 4.74 Å². The largest absolute Gasteiger partial charge is 0.461 e. The summed E-state index contributed by atoms with van der Waals surface area (Å²) < 4.78 is 7.06. The number of rotatable bonds is 5. The molecule has 25 heavy (non-hydrogen) atoms. The van der Waals surface area contributed by atoms with Gasteiger partial charge in [0.05, 0.1) is 18.3 Å². The van der Waals surface area contributed by atoms with Crippen molar-refractivity contribution in [3.05, 3.63) is 78.4 Å². The van der Waals surface area contributed by atoms with Crippen LogP contribution in [-0.2, 0) is 22.6 Å². The van der Waals surface area contributed by atoms with Crippen molar-refractivity contribution in [1.29, 1.82) is 0 Å². The first kappa shape index (κ1) is 15.1. The van der Waals surface area contributed by atoms with Gasteiger partial charge in [-0.05, 0) is 17.7 Å². The number of H-pyrrole nitrogens is 1. The van der Waals surface area contributed by atoms with Gasteiger partial charge in [-0.2, -0.15) is 5.10 Å². The van der Waals surface area contributed by atoms with E-state index in [0.717, 1.165) is 27.8 Å². The summed E-state index contributed by atoms with van der Waals surface area (Å²) in [6.07, 6.45) is 7.28. The lowest BCUT2D eigenvalue weighted by molar-refractivity contribution is -0.144. The molecule has 0 aliphatic carbocycles. The second-order valence-electron chi connectivity index (χ2n) is 5.69. The predicted octanol–water partition coefficient (Wildman–Crippen LogP) is 3.03. The number of nitrogens with zero attached hydrogens (tertiary/aromatic N) is 3. The number of aromatic nitrogens is 4. The molecule has 0 aliphatic heterocycles. The fourth-order valence-corrected chi connectivity index (χ4v) is 2.68. The number of aromatic amines is 1. The number of nitrogens with one attached hydrogen (secondary N) is 1. The van der Waals surface area contributed by atoms with E-state index in [-0.39, 0.29) is 19.0 Å². The third-order valence-corrected chi connectivity index (χ3v) is 3.91. The summed E-state index contributed by atoms with van der Waals surface area (Å²) in [5.74, 6) is -0.273. The fourth-order valence-electron chi connectivity index (χ4n) is 2.68. The van der Waals surface area contributed by atoms with Crippen LogP contribution in [0.1, 0.15) is 11.1 Å². The second-order valence-corrected chi connectivity index (χ2v) is 5.69. The third kappa shape index (κ3) is 3.28. The van der Waals surface area contributed by atoms with Crippen LogP contribution in [0, 0.1) is 0 Å². The van der Waals surface area contributed by atoms with Crippen LogP contribution >= 0.6 is 0 Å². The lowest BCUT2D eigenvalue weighted by atomic mass is 10.2. The van der Waals surface area contributed by atoms with Crippen LogP contribution in [0.5, 0.6) is 0 Å². The SMILES string of the molecule is O=C(Cc1cnn(-c2ccnc3[nH]ccc23)c1)OCc1ccccc1. The molecule has 0 saturated carbocycles. The average Bonchev–Trinajstić information content (AvgIpc) is 3.30. The minimum atomic E-state index is -0.273. The topological polar surface area (TPSA) is 72.8 Å². The summed E-state index contributed by atoms with van der Waals surface area (Å²) in [4.78, 5) is 19.4. The van der Waals surface area contributed by atoms with Crippen molar-refractivity contribution in [3.8, 4) is 5.69 Å². The van der Waals surface area contributed by atoms with E-state index in [1.807, 2.05) is 54.9 Å². The molecule has 1 N–H and O–H groups in total. The molecule has 4 rings (SSSR count). The van der Waals surface area contributed by atoms with E-state index in [0.29, 0.717) is 0 Å². The Morgan fingerprint density at radius 1 is 1.12 bits per heavy atom. The van der Waals surface area contributed by atoms with E-state index >= 15 is 0 Å². The number of esters is 1. The molecule has 0 spiro atoms. The number of ether oxygens (including phenoxy) is 1. The van der Waals surface area contributed by atoms with Gasteiger partial charge in [0.2, 0.25) is 0 Å². The van der Waals surface area contributed by atoms with Crippen LogP contribution < -0.4 is 0 Å². The molecule has 0 fully saturated rings. The summed E-state index contributed by atoms with van der Waals surface area (Å²) in [5.41, 5.74) is 3.49. The molecule has 6 heteroatoms. The van der Waals surface area contributed by atoms with E-state index < -0.39 is 0 Å². The Morgan fingerprint density at radius 3 is 2.88 bits per heavy atom. The molecular weight excluding hydrogens is 316 g/mol. The highest BCUT2D eigenvalue weighted by Gasteiger charge is 2.10. The molecule has 124 valence electrons. The minimum Gasteiger partial charge on any atom is -0.461 e. The molecule has 0 radical (unpaired) electrons. The molecule has 3 aromatic heterocycles. The number of pyridine rings is 1. The number of carbonyl (C=O) groups is 1. The number of fused-ring (bicyclic) bond motifs is 1. The number of benzene rings is 1. The van der Waals surface area contributed by atoms with Gasteiger partial charge in [-0.1, -0.05) is 30.3 Å². The Labute approximate surface area is 144 Å². The van der Waals surface area contributed by atoms with Crippen molar-refractivity contribution in [2.45, 2.75) is 13.0 Å². The van der Waals surface area contributed by atoms with Gasteiger partial charge in [0, 0.05) is 29.5 Å². The quantitative estimate of drug-likeness (QED) is 0.570. The first-order chi connectivity index (χ1) is 12.3. The van der Waals surface area contributed by atoms with Gasteiger partial charge in [-0.25, -0.2) is 9.67 Å². The highest BCUT2D eigenvalue weighted by Crippen LogP contribution is 2.19. The van der Waals surface area contributed by atoms with E-state index in [2.05, 4.69) is 15.1 Å². The summed E-state index contributed by atoms with van der Waals surface area (Å²) in [5, 5.41) is 5.33. The number of hydrogen-bond acceptors (Lipinski definition) is 4. The Kier molecular flexibility index (Phi) is 4.00. The van der Waals surface area contributed by atoms with Gasteiger partial charge in [0.15, 0.2) is 0 Å². The second kappa shape index (κ2) is 6.60. The maximum Gasteiger partial charge on any atom is 0.310 e. The first-order valence-electron chi connectivity index (χ1n) is 7.95. The Bertz CT molecular complexity index is 1000. The van der Waals surface area contributed by atoms with Gasteiger partial charge < -0.3 is 9.72 Å². The van der Waals surface area contributed by atoms with Gasteiger partial charge in [-0.15, -0.1) is 0 Å². The minimum absolute atomic E-state index is 0.189. The van der Waals surface area contributed by atoms with Gasteiger partial charge >= 0.3 is 5.97 Å². The van der Waals surface area contributed by atoms with Crippen molar-refractivity contribution in [3.63, 3.8) is 0 Å². The van der Waals surface area contributed by atoms with Crippen molar-refractivity contribution in [2.75, 3.05) is 0 Å². The van der Waals surface area contributed by atoms with Crippen LogP contribution in [0.2, 0.25) is 0 Å². The smallest absolute Gasteiger partial charge is 0.310 e. The molecule has 0 amide bonds. The summed E-state index contributed by atoms with van der Waals surface area (Å²) >= 11 is 0. The van der Waals surface area contributed by atoms with Crippen LogP contribution in [0.15, 0.2) is 67.3 Å². The lowest BCUT2D eigenvalue weighted by Crippen LogP contribution is -2.07. The maximum atomic E-state index is 12.0. The molecule has 6 nitrogen and oxygen atoms in total. The summed E-state index contributed by atoms with van der Waals surface area (Å²) in [6, 6.07) is 13.5. The van der Waals surface area contributed by atoms with Crippen LogP contribution in [0.3, 0.4) is 0 Å². The predicted molar refractivity (Wildman–Crippen MR) is 93.2 cm³/mol. The fraction of sp³-hybridized carbons (Fsp3) is 0.105. The number of carbonyl (C=O) groups excluding carboxylic acids is 1. The van der Waals surface area contributed by atoms with Gasteiger partial charge in [-0.3, -0.25) is 4.79 Å². The highest BCUT2D eigenvalue weighted by molar-refractivity contribution is 5.84. The van der Waals surface area contributed by atoms with Crippen LogP contribution in [0.25, 0.3) is 16.7 Å². The van der Waals surface area contributed by atoms with Gasteiger partial charge in [0.1, 0.15) is 12.3 Å². The zero-order valence-electron chi connectivity index (χ0n) is 13.4. The van der Waals surface area contributed by atoms with E-state index in [1.165, 1.54) is 0 Å². The van der Waals surface area contributed by atoms with Crippen molar-refractivity contribution >= 4 is 17.0 Å². The Morgan fingerprint density at radius 2 is 2.00 bits per heavy atom. The third-order valence-electron chi connectivity index (χ3n) is 3.91. The van der Waals surface area contributed by atoms with Crippen molar-refractivity contribution < 1.29 is 9.53 Å². The molecule has 1 aromatic carbocycles. The molecular formula is C19H16N4O2.